The van der Waals surface area contributed by atoms with Gasteiger partial charge in [-0.25, -0.2) is 5.43 Å². The van der Waals surface area contributed by atoms with Gasteiger partial charge >= 0.3 is 0 Å². The van der Waals surface area contributed by atoms with E-state index in [0.717, 1.165) is 11.3 Å². The van der Waals surface area contributed by atoms with Crippen LogP contribution >= 0.6 is 0 Å². The standard InChI is InChI=1S/C16H18N2O2/c1-10-5-6-14(9-11(10)2)12(3)17-18-16(19)15-7-8-20-13(15)4/h5-9H,1-4H3,(H,18,19)/b17-12+. The molecule has 2 aromatic rings. The van der Waals surface area contributed by atoms with Gasteiger partial charge in [0.05, 0.1) is 17.5 Å². The van der Waals surface area contributed by atoms with Gasteiger partial charge in [0.1, 0.15) is 5.76 Å². The molecule has 1 amide bonds. The Morgan fingerprint density at radius 2 is 1.90 bits per heavy atom. The molecule has 4 heteroatoms. The number of amides is 1. The summed E-state index contributed by atoms with van der Waals surface area (Å²) in [6.07, 6.45) is 1.49. The molecule has 0 spiro atoms. The van der Waals surface area contributed by atoms with Crippen molar-refractivity contribution in [1.29, 1.82) is 0 Å². The number of aryl methyl sites for hydroxylation is 3. The molecule has 0 unspecified atom stereocenters. The number of benzene rings is 1. The minimum Gasteiger partial charge on any atom is -0.469 e. The number of nitrogens with one attached hydrogen (secondary N) is 1. The van der Waals surface area contributed by atoms with Crippen molar-refractivity contribution in [2.75, 3.05) is 0 Å². The molecule has 20 heavy (non-hydrogen) atoms. The predicted octanol–water partition coefficient (Wildman–Crippen LogP) is 3.36. The molecule has 0 saturated heterocycles. The van der Waals surface area contributed by atoms with Crippen molar-refractivity contribution < 1.29 is 9.21 Å². The minimum atomic E-state index is -0.264. The molecule has 1 N–H and O–H groups in total. The third-order valence-corrected chi connectivity index (χ3v) is 3.35. The Hall–Kier alpha value is -2.36. The normalized spacial score (nSPS) is 11.5. The van der Waals surface area contributed by atoms with E-state index in [2.05, 4.69) is 30.4 Å². The summed E-state index contributed by atoms with van der Waals surface area (Å²) in [6, 6.07) is 7.73. The summed E-state index contributed by atoms with van der Waals surface area (Å²) in [5.41, 5.74) is 7.25. The van der Waals surface area contributed by atoms with Crippen LogP contribution in [0.15, 0.2) is 40.0 Å². The first-order valence-electron chi connectivity index (χ1n) is 6.45. The van der Waals surface area contributed by atoms with Gasteiger partial charge in [-0.05, 0) is 56.5 Å². The summed E-state index contributed by atoms with van der Waals surface area (Å²) < 4.78 is 5.10. The van der Waals surface area contributed by atoms with E-state index < -0.39 is 0 Å². The summed E-state index contributed by atoms with van der Waals surface area (Å²) >= 11 is 0. The molecule has 1 aromatic carbocycles. The minimum absolute atomic E-state index is 0.264. The Labute approximate surface area is 118 Å². The molecule has 0 aliphatic carbocycles. The van der Waals surface area contributed by atoms with E-state index in [1.807, 2.05) is 19.1 Å². The first-order valence-corrected chi connectivity index (χ1v) is 6.45. The Morgan fingerprint density at radius 3 is 2.50 bits per heavy atom. The van der Waals surface area contributed by atoms with Crippen molar-refractivity contribution in [2.24, 2.45) is 5.10 Å². The third kappa shape index (κ3) is 2.96. The van der Waals surface area contributed by atoms with Gasteiger partial charge in [0.2, 0.25) is 0 Å². The molecule has 0 radical (unpaired) electrons. The van der Waals surface area contributed by atoms with Gasteiger partial charge < -0.3 is 4.42 Å². The van der Waals surface area contributed by atoms with Gasteiger partial charge in [0, 0.05) is 0 Å². The highest BCUT2D eigenvalue weighted by molar-refractivity contribution is 6.01. The van der Waals surface area contributed by atoms with E-state index in [1.165, 1.54) is 17.4 Å². The maximum absolute atomic E-state index is 11.9. The second kappa shape index (κ2) is 5.74. The van der Waals surface area contributed by atoms with Crippen LogP contribution in [0, 0.1) is 20.8 Å². The second-order valence-corrected chi connectivity index (χ2v) is 4.83. The summed E-state index contributed by atoms with van der Waals surface area (Å²) in [7, 11) is 0. The zero-order chi connectivity index (χ0) is 14.7. The molecule has 0 aliphatic heterocycles. The molecular weight excluding hydrogens is 252 g/mol. The Morgan fingerprint density at radius 1 is 1.15 bits per heavy atom. The number of carbonyl (C=O) groups excluding carboxylic acids is 1. The number of hydrazone groups is 1. The van der Waals surface area contributed by atoms with Crippen LogP contribution in [0.4, 0.5) is 0 Å². The Bertz CT molecular complexity index is 669. The molecule has 4 nitrogen and oxygen atoms in total. The lowest BCUT2D eigenvalue weighted by Crippen LogP contribution is -2.19. The van der Waals surface area contributed by atoms with Crippen LogP contribution in [0.2, 0.25) is 0 Å². The van der Waals surface area contributed by atoms with Crippen LogP contribution in [0.5, 0.6) is 0 Å². The highest BCUT2D eigenvalue weighted by Gasteiger charge is 2.10. The van der Waals surface area contributed by atoms with Crippen molar-refractivity contribution in [1.82, 2.24) is 5.43 Å². The molecule has 104 valence electrons. The van der Waals surface area contributed by atoms with E-state index in [4.69, 9.17) is 4.42 Å². The third-order valence-electron chi connectivity index (χ3n) is 3.35. The highest BCUT2D eigenvalue weighted by atomic mass is 16.3. The molecule has 0 fully saturated rings. The number of nitrogens with zero attached hydrogens (tertiary/aromatic N) is 1. The molecule has 2 rings (SSSR count). The maximum Gasteiger partial charge on any atom is 0.274 e. The van der Waals surface area contributed by atoms with E-state index in [1.54, 1.807) is 13.0 Å². The summed E-state index contributed by atoms with van der Waals surface area (Å²) in [4.78, 5) is 11.9. The summed E-state index contributed by atoms with van der Waals surface area (Å²) in [5.74, 6) is 0.320. The average Bonchev–Trinajstić information content (AvgIpc) is 2.85. The molecule has 1 heterocycles. The van der Waals surface area contributed by atoms with Crippen molar-refractivity contribution >= 4 is 11.6 Å². The number of carbonyl (C=O) groups is 1. The smallest absolute Gasteiger partial charge is 0.274 e. The maximum atomic E-state index is 11.9. The summed E-state index contributed by atoms with van der Waals surface area (Å²) in [6.45, 7) is 7.73. The molecule has 0 aliphatic rings. The first kappa shape index (κ1) is 14.1. The Balaban J connectivity index is 2.13. The van der Waals surface area contributed by atoms with E-state index in [0.29, 0.717) is 11.3 Å². The molecule has 0 bridgehead atoms. The van der Waals surface area contributed by atoms with Crippen LogP contribution in [-0.2, 0) is 0 Å². The largest absolute Gasteiger partial charge is 0.469 e. The SMILES string of the molecule is C/C(=N\NC(=O)c1ccoc1C)c1ccc(C)c(C)c1. The zero-order valence-electron chi connectivity index (χ0n) is 12.2. The van der Waals surface area contributed by atoms with Gasteiger partial charge in [0.15, 0.2) is 0 Å². The van der Waals surface area contributed by atoms with Gasteiger partial charge in [-0.1, -0.05) is 12.1 Å². The van der Waals surface area contributed by atoms with Crippen LogP contribution in [0.1, 0.15) is 39.7 Å². The van der Waals surface area contributed by atoms with E-state index in [9.17, 15) is 4.79 Å². The molecular formula is C16H18N2O2. The van der Waals surface area contributed by atoms with E-state index >= 15 is 0 Å². The topological polar surface area (TPSA) is 54.6 Å². The molecule has 0 saturated carbocycles. The van der Waals surface area contributed by atoms with Gasteiger partial charge in [-0.2, -0.15) is 5.10 Å². The van der Waals surface area contributed by atoms with Crippen LogP contribution in [-0.4, -0.2) is 11.6 Å². The summed E-state index contributed by atoms with van der Waals surface area (Å²) in [5, 5.41) is 4.14. The van der Waals surface area contributed by atoms with Gasteiger partial charge in [-0.15, -0.1) is 0 Å². The fourth-order valence-electron chi connectivity index (χ4n) is 1.85. The highest BCUT2D eigenvalue weighted by Crippen LogP contribution is 2.11. The fraction of sp³-hybridized carbons (Fsp3) is 0.250. The number of rotatable bonds is 3. The average molecular weight is 270 g/mol. The van der Waals surface area contributed by atoms with Gasteiger partial charge in [-0.3, -0.25) is 4.79 Å². The fourth-order valence-corrected chi connectivity index (χ4v) is 1.85. The molecule has 0 atom stereocenters. The monoisotopic (exact) mass is 270 g/mol. The second-order valence-electron chi connectivity index (χ2n) is 4.83. The lowest BCUT2D eigenvalue weighted by Gasteiger charge is -2.05. The molecule has 1 aromatic heterocycles. The van der Waals surface area contributed by atoms with Crippen LogP contribution in [0.25, 0.3) is 0 Å². The van der Waals surface area contributed by atoms with Gasteiger partial charge in [0.25, 0.3) is 5.91 Å². The van der Waals surface area contributed by atoms with Crippen LogP contribution in [0.3, 0.4) is 0 Å². The lowest BCUT2D eigenvalue weighted by molar-refractivity contribution is 0.0953. The lowest BCUT2D eigenvalue weighted by atomic mass is 10.0. The van der Waals surface area contributed by atoms with Crippen LogP contribution < -0.4 is 5.43 Å². The van der Waals surface area contributed by atoms with Crippen molar-refractivity contribution in [3.05, 3.63) is 58.5 Å². The number of hydrogen-bond donors (Lipinski definition) is 1. The zero-order valence-corrected chi connectivity index (χ0v) is 12.2. The van der Waals surface area contributed by atoms with E-state index in [-0.39, 0.29) is 5.91 Å². The number of hydrogen-bond acceptors (Lipinski definition) is 3. The first-order chi connectivity index (χ1) is 9.49. The Kier molecular flexibility index (Phi) is 4.03. The number of furan rings is 1. The van der Waals surface area contributed by atoms with Crippen molar-refractivity contribution in [3.63, 3.8) is 0 Å². The quantitative estimate of drug-likeness (QED) is 0.686. The predicted molar refractivity (Wildman–Crippen MR) is 79.0 cm³/mol. The van der Waals surface area contributed by atoms with Crippen molar-refractivity contribution in [2.45, 2.75) is 27.7 Å². The van der Waals surface area contributed by atoms with Crippen molar-refractivity contribution in [3.8, 4) is 0 Å².